The molecule has 3 aliphatic rings. The fraction of sp³-hybridized carbons (Fsp3) is 0.314. The summed E-state index contributed by atoms with van der Waals surface area (Å²) in [5.41, 5.74) is 3.21. The molecule has 0 bridgehead atoms. The van der Waals surface area contributed by atoms with Crippen LogP contribution < -0.4 is 10.2 Å². The first-order chi connectivity index (χ1) is 20.4. The zero-order chi connectivity index (χ0) is 29.0. The minimum Gasteiger partial charge on any atom is -0.507 e. The highest BCUT2D eigenvalue weighted by atomic mass is 16.6. The molecular weight excluding hydrogens is 528 g/mol. The van der Waals surface area contributed by atoms with Crippen molar-refractivity contribution < 1.29 is 24.5 Å². The number of nitrogens with zero attached hydrogens (tertiary/aromatic N) is 1. The highest BCUT2D eigenvalue weighted by Gasteiger charge is 2.66. The normalized spacial score (nSPS) is 28.6. The molecule has 214 valence electrons. The van der Waals surface area contributed by atoms with E-state index >= 15 is 0 Å². The van der Waals surface area contributed by atoms with E-state index in [9.17, 15) is 19.8 Å². The van der Waals surface area contributed by atoms with Gasteiger partial charge in [0.05, 0.1) is 23.6 Å². The first kappa shape index (κ1) is 26.7. The summed E-state index contributed by atoms with van der Waals surface area (Å²) in [6, 6.07) is 28.2. The Hall–Kier alpha value is -4.20. The van der Waals surface area contributed by atoms with Crippen LogP contribution in [0.3, 0.4) is 0 Å². The van der Waals surface area contributed by atoms with Crippen LogP contribution in [0.2, 0.25) is 0 Å². The molecule has 4 aromatic carbocycles. The second-order valence-corrected chi connectivity index (χ2v) is 11.8. The smallest absolute Gasteiger partial charge is 0.238 e. The number of imide groups is 1. The van der Waals surface area contributed by atoms with Crippen LogP contribution in [-0.4, -0.2) is 27.8 Å². The number of phenols is 1. The van der Waals surface area contributed by atoms with Gasteiger partial charge in [-0.1, -0.05) is 61.9 Å². The molecule has 3 N–H and O–H groups in total. The number of aromatic hydroxyl groups is 1. The lowest BCUT2D eigenvalue weighted by Gasteiger charge is -2.44. The third kappa shape index (κ3) is 4.18. The number of aliphatic hydroxyl groups is 1. The van der Waals surface area contributed by atoms with E-state index in [-0.39, 0.29) is 23.5 Å². The quantitative estimate of drug-likeness (QED) is 0.227. The highest BCUT2D eigenvalue weighted by molar-refractivity contribution is 6.22. The van der Waals surface area contributed by atoms with Crippen LogP contribution in [0.4, 0.5) is 17.1 Å². The minimum absolute atomic E-state index is 0.185. The molecule has 2 heterocycles. The second kappa shape index (κ2) is 10.3. The first-order valence-electron chi connectivity index (χ1n) is 14.8. The number of rotatable bonds is 6. The van der Waals surface area contributed by atoms with Gasteiger partial charge in [-0.25, -0.2) is 0 Å². The van der Waals surface area contributed by atoms with Gasteiger partial charge >= 0.3 is 0 Å². The fourth-order valence-electron chi connectivity index (χ4n) is 7.58. The Morgan fingerprint density at radius 2 is 1.55 bits per heavy atom. The Kier molecular flexibility index (Phi) is 6.52. The molecular formula is C35H34N2O5. The Morgan fingerprint density at radius 1 is 0.857 bits per heavy atom. The molecule has 7 nitrogen and oxygen atoms in total. The molecule has 4 aromatic rings. The van der Waals surface area contributed by atoms with Crippen LogP contribution >= 0.6 is 0 Å². The van der Waals surface area contributed by atoms with Gasteiger partial charge in [0.15, 0.2) is 5.79 Å². The molecule has 42 heavy (non-hydrogen) atoms. The molecule has 0 aromatic heterocycles. The van der Waals surface area contributed by atoms with Crippen LogP contribution in [0.1, 0.15) is 44.3 Å². The number of fused-ring (bicyclic) bond motifs is 4. The molecule has 2 saturated heterocycles. The Bertz CT molecular complexity index is 1660. The summed E-state index contributed by atoms with van der Waals surface area (Å²) in [6.07, 6.45) is 1.88. The lowest BCUT2D eigenvalue weighted by atomic mass is 9.63. The largest absolute Gasteiger partial charge is 0.507 e. The number of carbonyl (C=O) groups is 2. The predicted molar refractivity (Wildman–Crippen MR) is 161 cm³/mol. The van der Waals surface area contributed by atoms with Crippen molar-refractivity contribution in [2.24, 2.45) is 23.7 Å². The summed E-state index contributed by atoms with van der Waals surface area (Å²) in [6.45, 7) is 2.06. The number of anilines is 3. The van der Waals surface area contributed by atoms with Gasteiger partial charge in [-0.15, -0.1) is 0 Å². The Morgan fingerprint density at radius 3 is 2.29 bits per heavy atom. The fourth-order valence-corrected chi connectivity index (χ4v) is 7.58. The molecule has 1 aliphatic carbocycles. The second-order valence-electron chi connectivity index (χ2n) is 11.8. The van der Waals surface area contributed by atoms with E-state index in [1.807, 2.05) is 72.8 Å². The van der Waals surface area contributed by atoms with Gasteiger partial charge in [0.2, 0.25) is 11.8 Å². The highest BCUT2D eigenvalue weighted by Crippen LogP contribution is 2.60. The third-order valence-corrected chi connectivity index (χ3v) is 9.47. The SMILES string of the molecule is CCC[C@H]1C[C@@H]2C(=O)N(c3ccc(Nc4ccccc4)cc3)C(=O)[C@@H]2[C@@H]2C[C@@H](c3ccc(O)c4ccccc34)O[C@]12O. The topological polar surface area (TPSA) is 99.1 Å². The molecule has 6 atom stereocenters. The molecule has 0 unspecified atom stereocenters. The third-order valence-electron chi connectivity index (χ3n) is 9.47. The number of benzene rings is 4. The number of amides is 2. The maximum Gasteiger partial charge on any atom is 0.238 e. The molecule has 2 aliphatic heterocycles. The first-order valence-corrected chi connectivity index (χ1v) is 14.8. The summed E-state index contributed by atoms with van der Waals surface area (Å²) >= 11 is 0. The van der Waals surface area contributed by atoms with Crippen molar-refractivity contribution in [2.75, 3.05) is 10.2 Å². The van der Waals surface area contributed by atoms with E-state index in [1.54, 1.807) is 18.2 Å². The number of para-hydroxylation sites is 1. The van der Waals surface area contributed by atoms with Crippen molar-refractivity contribution in [1.82, 2.24) is 0 Å². The maximum absolute atomic E-state index is 14.1. The van der Waals surface area contributed by atoms with Crippen LogP contribution in [0.15, 0.2) is 91.0 Å². The van der Waals surface area contributed by atoms with Gasteiger partial charge in [0.25, 0.3) is 0 Å². The van der Waals surface area contributed by atoms with Gasteiger partial charge < -0.3 is 20.3 Å². The average Bonchev–Trinajstić information content (AvgIpc) is 3.48. The molecule has 7 rings (SSSR count). The van der Waals surface area contributed by atoms with Crippen LogP contribution in [-0.2, 0) is 14.3 Å². The zero-order valence-corrected chi connectivity index (χ0v) is 23.4. The van der Waals surface area contributed by atoms with Crippen molar-refractivity contribution in [3.05, 3.63) is 96.6 Å². The van der Waals surface area contributed by atoms with Crippen molar-refractivity contribution in [3.63, 3.8) is 0 Å². The minimum atomic E-state index is -1.52. The van der Waals surface area contributed by atoms with E-state index < -0.39 is 29.6 Å². The summed E-state index contributed by atoms with van der Waals surface area (Å²) in [4.78, 5) is 29.3. The number of nitrogens with one attached hydrogen (secondary N) is 1. The number of hydrogen-bond donors (Lipinski definition) is 3. The summed E-state index contributed by atoms with van der Waals surface area (Å²) in [7, 11) is 0. The van der Waals surface area contributed by atoms with E-state index in [2.05, 4.69) is 12.2 Å². The molecule has 1 saturated carbocycles. The van der Waals surface area contributed by atoms with E-state index in [0.29, 0.717) is 30.3 Å². The van der Waals surface area contributed by atoms with Crippen LogP contribution in [0, 0.1) is 23.7 Å². The number of carbonyl (C=O) groups excluding carboxylic acids is 2. The van der Waals surface area contributed by atoms with E-state index in [1.165, 1.54) is 4.90 Å². The Balaban J connectivity index is 1.21. The average molecular weight is 563 g/mol. The number of phenolic OH excluding ortho intramolecular Hbond substituents is 1. The van der Waals surface area contributed by atoms with Gasteiger partial charge in [-0.2, -0.15) is 0 Å². The number of ether oxygens (including phenoxy) is 1. The lowest BCUT2D eigenvalue weighted by Crippen LogP contribution is -2.53. The van der Waals surface area contributed by atoms with E-state index in [4.69, 9.17) is 4.74 Å². The van der Waals surface area contributed by atoms with Crippen molar-refractivity contribution >= 4 is 39.6 Å². The van der Waals surface area contributed by atoms with E-state index in [0.717, 1.165) is 28.7 Å². The van der Waals surface area contributed by atoms with Crippen molar-refractivity contribution in [1.29, 1.82) is 0 Å². The molecule has 3 fully saturated rings. The lowest BCUT2D eigenvalue weighted by molar-refractivity contribution is -0.269. The van der Waals surface area contributed by atoms with Crippen molar-refractivity contribution in [3.8, 4) is 5.75 Å². The zero-order valence-electron chi connectivity index (χ0n) is 23.4. The molecule has 0 spiro atoms. The summed E-state index contributed by atoms with van der Waals surface area (Å²) < 4.78 is 6.54. The maximum atomic E-state index is 14.1. The molecule has 0 radical (unpaired) electrons. The monoisotopic (exact) mass is 562 g/mol. The summed E-state index contributed by atoms with van der Waals surface area (Å²) in [5, 5.41) is 27.5. The van der Waals surface area contributed by atoms with Gasteiger partial charge in [-0.3, -0.25) is 14.5 Å². The predicted octanol–water partition coefficient (Wildman–Crippen LogP) is 6.68. The molecule has 2 amide bonds. The standard InChI is InChI=1S/C35H34N2O5/c1-2-8-21-19-28-32(29-20-31(42-35(21,29)41)27-17-18-30(38)26-12-7-6-11-25(26)27)34(40)37(33(28)39)24-15-13-23(14-16-24)36-22-9-4-3-5-10-22/h3-7,9-18,21,28-29,31-32,36,38,41H,2,8,19-20H2,1H3/t21-,28-,29-,31-,32-,35+/m0/s1. The van der Waals surface area contributed by atoms with Crippen LogP contribution in [0.25, 0.3) is 10.8 Å². The Labute approximate surface area is 244 Å². The van der Waals surface area contributed by atoms with Gasteiger partial charge in [0.1, 0.15) is 5.75 Å². The van der Waals surface area contributed by atoms with Crippen molar-refractivity contribution in [2.45, 2.75) is 44.5 Å². The van der Waals surface area contributed by atoms with Crippen LogP contribution in [0.5, 0.6) is 5.75 Å². The summed E-state index contributed by atoms with van der Waals surface area (Å²) in [5.74, 6) is -3.75. The number of hydrogen-bond acceptors (Lipinski definition) is 6. The van der Waals surface area contributed by atoms with Gasteiger partial charge in [0, 0.05) is 28.6 Å². The van der Waals surface area contributed by atoms with Gasteiger partial charge in [-0.05, 0) is 72.7 Å². The molecule has 7 heteroatoms.